The lowest BCUT2D eigenvalue weighted by Crippen LogP contribution is -2.28. The maximum atomic E-state index is 11.7. The molecule has 186 valence electrons. The molecule has 0 atom stereocenters. The van der Waals surface area contributed by atoms with E-state index in [1.807, 2.05) is 0 Å². The Hall–Kier alpha value is -3.08. The van der Waals surface area contributed by atoms with E-state index in [9.17, 15) is 9.59 Å². The van der Waals surface area contributed by atoms with Crippen LogP contribution >= 0.6 is 23.1 Å². The molecule has 2 amide bonds. The molecule has 3 aromatic heterocycles. The third-order valence-corrected chi connectivity index (χ3v) is 7.97. The summed E-state index contributed by atoms with van der Waals surface area (Å²) in [6.07, 6.45) is 8.03. The molecule has 0 radical (unpaired) electrons. The van der Waals surface area contributed by atoms with Crippen molar-refractivity contribution in [3.8, 4) is 11.3 Å². The van der Waals surface area contributed by atoms with Crippen LogP contribution in [0, 0.1) is 11.8 Å². The van der Waals surface area contributed by atoms with Crippen LogP contribution in [-0.4, -0.2) is 39.2 Å². The molecule has 3 N–H and O–H groups in total. The highest BCUT2D eigenvalue weighted by Crippen LogP contribution is 2.29. The second kappa shape index (κ2) is 11.8. The lowest BCUT2D eigenvalue weighted by atomic mass is 9.82. The number of anilines is 1. The summed E-state index contributed by atoms with van der Waals surface area (Å²) in [6.45, 7) is 2.63. The van der Waals surface area contributed by atoms with Gasteiger partial charge in [-0.25, -0.2) is 9.97 Å². The van der Waals surface area contributed by atoms with E-state index >= 15 is 0 Å². The number of pyridine rings is 1. The van der Waals surface area contributed by atoms with E-state index < -0.39 is 0 Å². The molecule has 1 saturated carbocycles. The summed E-state index contributed by atoms with van der Waals surface area (Å²) in [6, 6.07) is 10.1. The molecule has 1 aliphatic carbocycles. The highest BCUT2D eigenvalue weighted by molar-refractivity contribution is 8.18. The van der Waals surface area contributed by atoms with Gasteiger partial charge in [-0.1, -0.05) is 6.07 Å². The van der Waals surface area contributed by atoms with E-state index in [1.165, 1.54) is 31.2 Å². The summed E-state index contributed by atoms with van der Waals surface area (Å²) in [5, 5.41) is 13.1. The first kappa shape index (κ1) is 24.6. The van der Waals surface area contributed by atoms with E-state index in [-0.39, 0.29) is 11.1 Å². The number of hydrogen-bond acceptors (Lipinski definition) is 9. The van der Waals surface area contributed by atoms with Gasteiger partial charge in [-0.15, -0.1) is 0 Å². The van der Waals surface area contributed by atoms with E-state index in [2.05, 4.69) is 60.9 Å². The van der Waals surface area contributed by atoms with Crippen molar-refractivity contribution in [1.29, 1.82) is 0 Å². The fourth-order valence-corrected chi connectivity index (χ4v) is 5.84. The van der Waals surface area contributed by atoms with Gasteiger partial charge in [-0.2, -0.15) is 11.3 Å². The van der Waals surface area contributed by atoms with Crippen molar-refractivity contribution in [1.82, 2.24) is 25.6 Å². The first-order valence-corrected chi connectivity index (χ1v) is 13.9. The minimum Gasteiger partial charge on any atom is -0.354 e. The third kappa shape index (κ3) is 6.57. The van der Waals surface area contributed by atoms with E-state index in [0.29, 0.717) is 28.4 Å². The molecule has 8 nitrogen and oxygen atoms in total. The Kier molecular flexibility index (Phi) is 8.04. The normalized spacial score (nSPS) is 21.1. The fraction of sp³-hybridized carbons (Fsp3) is 0.346. The number of rotatable bonds is 9. The minimum atomic E-state index is -0.382. The Morgan fingerprint density at radius 3 is 2.61 bits per heavy atom. The number of imide groups is 1. The van der Waals surface area contributed by atoms with Gasteiger partial charge < -0.3 is 10.6 Å². The van der Waals surface area contributed by atoms with Crippen LogP contribution in [0.5, 0.6) is 0 Å². The summed E-state index contributed by atoms with van der Waals surface area (Å²) in [4.78, 5) is 37.0. The number of aromatic nitrogens is 3. The predicted molar refractivity (Wildman–Crippen MR) is 144 cm³/mol. The Balaban J connectivity index is 1.03. The number of nitrogens with zero attached hydrogens (tertiary/aromatic N) is 3. The fourth-order valence-electron chi connectivity index (χ4n) is 4.52. The standard InChI is InChI=1S/C26H28N6O2S2/c33-24-23(36-26(34)32-24)12-20-8-10-28-25(31-20)29-14-18-6-4-17(5-7-18)13-27-15-21-2-1-3-22(30-21)19-9-11-35-16-19/h1-3,8-12,16-18,27H,4-7,13-15H2,(H,28,29,31)(H,32,33,34)/b23-12+. The molecular formula is C26H28N6O2S2. The van der Waals surface area contributed by atoms with Crippen molar-refractivity contribution in [2.45, 2.75) is 32.2 Å². The molecule has 0 spiro atoms. The number of thiophene rings is 1. The van der Waals surface area contributed by atoms with Gasteiger partial charge in [0.25, 0.3) is 11.1 Å². The van der Waals surface area contributed by atoms with Crippen molar-refractivity contribution in [2.75, 3.05) is 18.4 Å². The third-order valence-electron chi connectivity index (χ3n) is 6.48. The second-order valence-electron chi connectivity index (χ2n) is 9.08. The van der Waals surface area contributed by atoms with E-state index in [0.717, 1.165) is 42.8 Å². The number of hydrogen-bond donors (Lipinski definition) is 3. The second-order valence-corrected chi connectivity index (χ2v) is 10.9. The van der Waals surface area contributed by atoms with Crippen LogP contribution in [-0.2, 0) is 11.3 Å². The van der Waals surface area contributed by atoms with Crippen molar-refractivity contribution < 1.29 is 9.59 Å². The molecular weight excluding hydrogens is 492 g/mol. The number of carbonyl (C=O) groups excluding carboxylic acids is 2. The zero-order chi connectivity index (χ0) is 24.7. The molecule has 1 aliphatic heterocycles. The monoisotopic (exact) mass is 520 g/mol. The SMILES string of the molecule is O=C1NC(=O)/C(=C\c2ccnc(NCC3CCC(CNCc4cccc(-c5ccsc5)n4)CC3)n2)S1. The van der Waals surface area contributed by atoms with Gasteiger partial charge in [0.1, 0.15) is 0 Å². The summed E-state index contributed by atoms with van der Waals surface area (Å²) in [5.41, 5.74) is 3.89. The lowest BCUT2D eigenvalue weighted by molar-refractivity contribution is -0.115. The largest absolute Gasteiger partial charge is 0.354 e. The van der Waals surface area contributed by atoms with Crippen LogP contribution < -0.4 is 16.0 Å². The first-order valence-electron chi connectivity index (χ1n) is 12.1. The molecule has 0 aromatic carbocycles. The smallest absolute Gasteiger partial charge is 0.290 e. The molecule has 3 aromatic rings. The average molecular weight is 521 g/mol. The summed E-state index contributed by atoms with van der Waals surface area (Å²) >= 11 is 2.58. The molecule has 0 bridgehead atoms. The predicted octanol–water partition coefficient (Wildman–Crippen LogP) is 4.93. The highest BCUT2D eigenvalue weighted by Gasteiger charge is 2.25. The van der Waals surface area contributed by atoms with Crippen LogP contribution in [0.15, 0.2) is 52.2 Å². The molecule has 1 saturated heterocycles. The summed E-state index contributed by atoms with van der Waals surface area (Å²) in [7, 11) is 0. The van der Waals surface area contributed by atoms with Gasteiger partial charge in [-0.05, 0) is 91.5 Å². The number of carbonyl (C=O) groups is 2. The quantitative estimate of drug-likeness (QED) is 0.341. The Morgan fingerprint density at radius 2 is 1.86 bits per heavy atom. The van der Waals surface area contributed by atoms with Crippen molar-refractivity contribution >= 4 is 46.3 Å². The number of nitrogens with one attached hydrogen (secondary N) is 3. The zero-order valence-corrected chi connectivity index (χ0v) is 21.4. The Labute approximate surface area is 218 Å². The van der Waals surface area contributed by atoms with Gasteiger partial charge in [0.2, 0.25) is 5.95 Å². The van der Waals surface area contributed by atoms with Gasteiger partial charge in [0.05, 0.1) is 22.0 Å². The zero-order valence-electron chi connectivity index (χ0n) is 19.8. The van der Waals surface area contributed by atoms with Crippen LogP contribution in [0.25, 0.3) is 17.3 Å². The van der Waals surface area contributed by atoms with E-state index in [4.69, 9.17) is 4.98 Å². The lowest BCUT2D eigenvalue weighted by Gasteiger charge is -2.28. The molecule has 2 fully saturated rings. The first-order chi connectivity index (χ1) is 17.6. The van der Waals surface area contributed by atoms with Gasteiger partial charge in [0, 0.05) is 30.2 Å². The van der Waals surface area contributed by atoms with Gasteiger partial charge >= 0.3 is 0 Å². The topological polar surface area (TPSA) is 109 Å². The van der Waals surface area contributed by atoms with Gasteiger partial charge in [-0.3, -0.25) is 19.9 Å². The molecule has 0 unspecified atom stereocenters. The number of amides is 2. The van der Waals surface area contributed by atoms with Crippen molar-refractivity contribution in [3.63, 3.8) is 0 Å². The molecule has 4 heterocycles. The Morgan fingerprint density at radius 1 is 1.03 bits per heavy atom. The van der Waals surface area contributed by atoms with Crippen LogP contribution in [0.4, 0.5) is 10.7 Å². The summed E-state index contributed by atoms with van der Waals surface area (Å²) < 4.78 is 0. The maximum Gasteiger partial charge on any atom is 0.290 e. The van der Waals surface area contributed by atoms with Crippen LogP contribution in [0.3, 0.4) is 0 Å². The highest BCUT2D eigenvalue weighted by atomic mass is 32.2. The molecule has 36 heavy (non-hydrogen) atoms. The maximum absolute atomic E-state index is 11.7. The van der Waals surface area contributed by atoms with Crippen LogP contribution in [0.2, 0.25) is 0 Å². The molecule has 2 aliphatic rings. The van der Waals surface area contributed by atoms with Crippen molar-refractivity contribution in [2.24, 2.45) is 11.8 Å². The van der Waals surface area contributed by atoms with E-state index in [1.54, 1.807) is 29.7 Å². The summed E-state index contributed by atoms with van der Waals surface area (Å²) in [5.74, 6) is 1.43. The average Bonchev–Trinajstić information content (AvgIpc) is 3.54. The van der Waals surface area contributed by atoms with Crippen molar-refractivity contribution in [3.05, 3.63) is 63.6 Å². The molecule has 10 heteroatoms. The van der Waals surface area contributed by atoms with Crippen LogP contribution in [0.1, 0.15) is 37.1 Å². The Bertz CT molecular complexity index is 1240. The molecule has 5 rings (SSSR count). The minimum absolute atomic E-state index is 0.350. The number of thioether (sulfide) groups is 1. The van der Waals surface area contributed by atoms with Gasteiger partial charge in [0.15, 0.2) is 0 Å².